The Morgan fingerprint density at radius 1 is 1.00 bits per heavy atom. The Labute approximate surface area is 133 Å². The summed E-state index contributed by atoms with van der Waals surface area (Å²) in [5, 5.41) is 0. The highest BCUT2D eigenvalue weighted by Crippen LogP contribution is 2.16. The molecule has 0 saturated heterocycles. The van der Waals surface area contributed by atoms with Gasteiger partial charge in [0.15, 0.2) is 0 Å². The van der Waals surface area contributed by atoms with E-state index < -0.39 is 0 Å². The van der Waals surface area contributed by atoms with Crippen molar-refractivity contribution in [3.05, 3.63) is 71.3 Å². The van der Waals surface area contributed by atoms with Gasteiger partial charge in [-0.2, -0.15) is 0 Å². The van der Waals surface area contributed by atoms with Crippen LogP contribution in [-0.2, 0) is 17.6 Å². The van der Waals surface area contributed by atoms with Gasteiger partial charge in [0.2, 0.25) is 0 Å². The Hall–Kier alpha value is -2.09. The maximum absolute atomic E-state index is 12.4. The number of esters is 1. The van der Waals surface area contributed by atoms with Crippen molar-refractivity contribution in [2.24, 2.45) is 0 Å². The molecule has 2 rings (SSSR count). The van der Waals surface area contributed by atoms with E-state index in [1.807, 2.05) is 42.5 Å². The summed E-state index contributed by atoms with van der Waals surface area (Å²) < 4.78 is 5.71. The molecular weight excluding hydrogens is 272 g/mol. The Kier molecular flexibility index (Phi) is 6.20. The molecule has 0 aliphatic carbocycles. The van der Waals surface area contributed by atoms with Crippen molar-refractivity contribution in [3.8, 4) is 0 Å². The second kappa shape index (κ2) is 8.38. The fraction of sp³-hybridized carbons (Fsp3) is 0.350. The lowest BCUT2D eigenvalue weighted by atomic mass is 10.0. The Morgan fingerprint density at radius 2 is 1.68 bits per heavy atom. The molecule has 116 valence electrons. The fourth-order valence-electron chi connectivity index (χ4n) is 2.56. The van der Waals surface area contributed by atoms with E-state index in [0.717, 1.165) is 31.2 Å². The molecule has 0 spiro atoms. The maximum Gasteiger partial charge on any atom is 0.338 e. The zero-order chi connectivity index (χ0) is 15.8. The highest BCUT2D eigenvalue weighted by molar-refractivity contribution is 5.91. The van der Waals surface area contributed by atoms with Crippen molar-refractivity contribution in [3.63, 3.8) is 0 Å². The summed E-state index contributed by atoms with van der Waals surface area (Å²) in [7, 11) is 0. The molecule has 2 nitrogen and oxygen atoms in total. The van der Waals surface area contributed by atoms with Crippen molar-refractivity contribution in [2.45, 2.75) is 45.6 Å². The van der Waals surface area contributed by atoms with E-state index in [2.05, 4.69) is 26.0 Å². The van der Waals surface area contributed by atoms with E-state index in [1.54, 1.807) is 0 Å². The third kappa shape index (κ3) is 4.45. The second-order valence-corrected chi connectivity index (χ2v) is 5.47. The van der Waals surface area contributed by atoms with Gasteiger partial charge in [-0.3, -0.25) is 0 Å². The Balaban J connectivity index is 1.96. The van der Waals surface area contributed by atoms with E-state index >= 15 is 0 Å². The molecule has 0 heterocycles. The number of benzene rings is 2. The van der Waals surface area contributed by atoms with Crippen LogP contribution in [0.4, 0.5) is 0 Å². The van der Waals surface area contributed by atoms with Crippen molar-refractivity contribution >= 4 is 5.97 Å². The minimum Gasteiger partial charge on any atom is -0.459 e. The molecule has 1 atom stereocenters. The van der Waals surface area contributed by atoms with Crippen LogP contribution in [0.1, 0.15) is 48.2 Å². The van der Waals surface area contributed by atoms with Crippen molar-refractivity contribution in [1.82, 2.24) is 0 Å². The molecule has 0 bridgehead atoms. The normalized spacial score (nSPS) is 11.9. The van der Waals surface area contributed by atoms with Crippen LogP contribution in [0.2, 0.25) is 0 Å². The lowest BCUT2D eigenvalue weighted by Gasteiger charge is -2.17. The summed E-state index contributed by atoms with van der Waals surface area (Å²) in [5.74, 6) is -0.197. The molecule has 1 unspecified atom stereocenters. The molecule has 0 amide bonds. The molecule has 22 heavy (non-hydrogen) atoms. The first kappa shape index (κ1) is 16.3. The average molecular weight is 296 g/mol. The van der Waals surface area contributed by atoms with Crippen LogP contribution in [0.5, 0.6) is 0 Å². The summed E-state index contributed by atoms with van der Waals surface area (Å²) in [6, 6.07) is 18.0. The number of ether oxygens (including phenoxy) is 1. The highest BCUT2D eigenvalue weighted by Gasteiger charge is 2.16. The summed E-state index contributed by atoms with van der Waals surface area (Å²) in [4.78, 5) is 12.4. The molecular formula is C20H24O2. The number of hydrogen-bond acceptors (Lipinski definition) is 2. The van der Waals surface area contributed by atoms with Crippen LogP contribution in [0.25, 0.3) is 0 Å². The van der Waals surface area contributed by atoms with Crippen LogP contribution >= 0.6 is 0 Å². The van der Waals surface area contributed by atoms with Gasteiger partial charge in [-0.15, -0.1) is 0 Å². The fourth-order valence-corrected chi connectivity index (χ4v) is 2.56. The van der Waals surface area contributed by atoms with Gasteiger partial charge in [0, 0.05) is 0 Å². The molecule has 2 heteroatoms. The topological polar surface area (TPSA) is 26.3 Å². The molecule has 0 N–H and O–H groups in total. The zero-order valence-corrected chi connectivity index (χ0v) is 13.4. The van der Waals surface area contributed by atoms with Crippen molar-refractivity contribution in [2.75, 3.05) is 0 Å². The Bertz CT molecular complexity index is 590. The summed E-state index contributed by atoms with van der Waals surface area (Å²) in [6.45, 7) is 4.12. The SMILES string of the molecule is CCc1ccccc1C(=O)OC(CC)CCc1ccccc1. The van der Waals surface area contributed by atoms with Gasteiger partial charge >= 0.3 is 5.97 Å². The van der Waals surface area contributed by atoms with E-state index in [9.17, 15) is 4.79 Å². The summed E-state index contributed by atoms with van der Waals surface area (Å²) in [5.41, 5.74) is 3.03. The Morgan fingerprint density at radius 3 is 2.36 bits per heavy atom. The molecule has 0 radical (unpaired) electrons. The lowest BCUT2D eigenvalue weighted by molar-refractivity contribution is 0.0272. The summed E-state index contributed by atoms with van der Waals surface area (Å²) >= 11 is 0. The van der Waals surface area contributed by atoms with Crippen LogP contribution in [0, 0.1) is 0 Å². The first-order chi connectivity index (χ1) is 10.7. The van der Waals surface area contributed by atoms with Crippen LogP contribution in [0.15, 0.2) is 54.6 Å². The van der Waals surface area contributed by atoms with Crippen molar-refractivity contribution in [1.29, 1.82) is 0 Å². The molecule has 0 saturated carbocycles. The molecule has 0 fully saturated rings. The predicted molar refractivity (Wildman–Crippen MR) is 90.1 cm³/mol. The number of aryl methyl sites for hydroxylation is 2. The summed E-state index contributed by atoms with van der Waals surface area (Å²) in [6.07, 6.45) is 3.44. The van der Waals surface area contributed by atoms with Gasteiger partial charge in [-0.1, -0.05) is 62.4 Å². The van der Waals surface area contributed by atoms with Gasteiger partial charge in [0.1, 0.15) is 6.10 Å². The van der Waals surface area contributed by atoms with Crippen LogP contribution < -0.4 is 0 Å². The quantitative estimate of drug-likeness (QED) is 0.685. The highest BCUT2D eigenvalue weighted by atomic mass is 16.5. The molecule has 2 aromatic rings. The van der Waals surface area contributed by atoms with Gasteiger partial charge in [-0.25, -0.2) is 4.79 Å². The van der Waals surface area contributed by atoms with Crippen molar-refractivity contribution < 1.29 is 9.53 Å². The smallest absolute Gasteiger partial charge is 0.338 e. The third-order valence-electron chi connectivity index (χ3n) is 3.95. The monoisotopic (exact) mass is 296 g/mol. The minimum atomic E-state index is -0.197. The van der Waals surface area contributed by atoms with Gasteiger partial charge in [0.25, 0.3) is 0 Å². The molecule has 0 aromatic heterocycles. The van der Waals surface area contributed by atoms with E-state index in [0.29, 0.717) is 5.56 Å². The number of rotatable bonds is 7. The largest absolute Gasteiger partial charge is 0.459 e. The lowest BCUT2D eigenvalue weighted by Crippen LogP contribution is -2.19. The number of hydrogen-bond donors (Lipinski definition) is 0. The first-order valence-corrected chi connectivity index (χ1v) is 8.07. The molecule has 2 aromatic carbocycles. The van der Waals surface area contributed by atoms with Gasteiger partial charge in [-0.05, 0) is 42.9 Å². The standard InChI is InChI=1S/C20H24O2/c1-3-17-12-8-9-13-19(17)20(21)22-18(4-2)15-14-16-10-6-5-7-11-16/h5-13,18H,3-4,14-15H2,1-2H3. The van der Waals surface area contributed by atoms with E-state index in [4.69, 9.17) is 4.74 Å². The van der Waals surface area contributed by atoms with Gasteiger partial charge < -0.3 is 4.74 Å². The number of carbonyl (C=O) groups excluding carboxylic acids is 1. The van der Waals surface area contributed by atoms with Crippen LogP contribution in [-0.4, -0.2) is 12.1 Å². The number of carbonyl (C=O) groups is 1. The van der Waals surface area contributed by atoms with Crippen LogP contribution in [0.3, 0.4) is 0 Å². The van der Waals surface area contributed by atoms with E-state index in [1.165, 1.54) is 5.56 Å². The third-order valence-corrected chi connectivity index (χ3v) is 3.95. The molecule has 0 aliphatic rings. The second-order valence-electron chi connectivity index (χ2n) is 5.47. The predicted octanol–water partition coefficient (Wildman–Crippen LogP) is 4.82. The van der Waals surface area contributed by atoms with E-state index in [-0.39, 0.29) is 12.1 Å². The average Bonchev–Trinajstić information content (AvgIpc) is 2.59. The minimum absolute atomic E-state index is 0.0300. The first-order valence-electron chi connectivity index (χ1n) is 8.07. The zero-order valence-electron chi connectivity index (χ0n) is 13.4. The van der Waals surface area contributed by atoms with Gasteiger partial charge in [0.05, 0.1) is 5.56 Å². The molecule has 0 aliphatic heterocycles. The maximum atomic E-state index is 12.4.